The smallest absolute Gasteiger partial charge is 0.185 e. The van der Waals surface area contributed by atoms with Crippen LogP contribution in [0.5, 0.6) is 0 Å². The molecular weight excluding hydrogens is 270 g/mol. The Bertz CT molecular complexity index is 489. The first-order valence-electron chi connectivity index (χ1n) is 7.20. The fraction of sp³-hybridized carbons (Fsp3) is 0.571. The molecule has 0 aliphatic carbocycles. The Hall–Kier alpha value is -1.40. The van der Waals surface area contributed by atoms with Gasteiger partial charge in [-0.2, -0.15) is 0 Å². The van der Waals surface area contributed by atoms with Crippen LogP contribution >= 0.6 is 11.3 Å². The molecule has 0 aliphatic rings. The number of hydrogen-bond donors (Lipinski definition) is 2. The highest BCUT2D eigenvalue weighted by Crippen LogP contribution is 2.23. The van der Waals surface area contributed by atoms with E-state index < -0.39 is 0 Å². The van der Waals surface area contributed by atoms with E-state index in [0.29, 0.717) is 0 Å². The minimum Gasteiger partial charge on any atom is -0.349 e. The second-order valence-corrected chi connectivity index (χ2v) is 5.69. The summed E-state index contributed by atoms with van der Waals surface area (Å²) >= 11 is 1.76. The number of aromatic amines is 1. The maximum absolute atomic E-state index is 4.51. The summed E-state index contributed by atoms with van der Waals surface area (Å²) in [6.07, 6.45) is 6.64. The number of thiazole rings is 1. The molecule has 1 unspecified atom stereocenters. The van der Waals surface area contributed by atoms with Gasteiger partial charge in [0, 0.05) is 43.1 Å². The maximum Gasteiger partial charge on any atom is 0.185 e. The molecule has 1 atom stereocenters. The van der Waals surface area contributed by atoms with Crippen molar-refractivity contribution < 1.29 is 0 Å². The van der Waals surface area contributed by atoms with Crippen molar-refractivity contribution >= 4 is 16.5 Å². The number of rotatable bonds is 8. The number of hydrogen-bond acceptors (Lipinski definition) is 5. The number of H-pyrrole nitrogens is 1. The fourth-order valence-electron chi connectivity index (χ4n) is 2.15. The molecule has 6 heteroatoms. The number of anilines is 1. The van der Waals surface area contributed by atoms with E-state index in [-0.39, 0.29) is 6.04 Å². The summed E-state index contributed by atoms with van der Waals surface area (Å²) in [4.78, 5) is 15.5. The SMILES string of the molecule is CCC(NCc1cnc(N(CC)CC)s1)c1ncc[nH]1. The Labute approximate surface area is 124 Å². The molecule has 2 aromatic rings. The number of nitrogens with zero attached hydrogens (tertiary/aromatic N) is 3. The Kier molecular flexibility index (Phi) is 5.55. The lowest BCUT2D eigenvalue weighted by molar-refractivity contribution is 0.500. The van der Waals surface area contributed by atoms with Gasteiger partial charge in [0.2, 0.25) is 0 Å². The third kappa shape index (κ3) is 3.58. The molecule has 20 heavy (non-hydrogen) atoms. The molecule has 0 bridgehead atoms. The summed E-state index contributed by atoms with van der Waals surface area (Å²) in [6.45, 7) is 9.31. The van der Waals surface area contributed by atoms with Gasteiger partial charge in [-0.05, 0) is 20.3 Å². The van der Waals surface area contributed by atoms with Gasteiger partial charge in [0.15, 0.2) is 5.13 Å². The Balaban J connectivity index is 1.93. The lowest BCUT2D eigenvalue weighted by atomic mass is 10.2. The van der Waals surface area contributed by atoms with Gasteiger partial charge in [-0.1, -0.05) is 6.92 Å². The van der Waals surface area contributed by atoms with E-state index >= 15 is 0 Å². The molecule has 0 saturated heterocycles. The predicted molar refractivity (Wildman–Crippen MR) is 84.1 cm³/mol. The van der Waals surface area contributed by atoms with Crippen molar-refractivity contribution in [3.05, 3.63) is 29.3 Å². The minimum absolute atomic E-state index is 0.268. The van der Waals surface area contributed by atoms with E-state index in [4.69, 9.17) is 0 Å². The normalized spacial score (nSPS) is 12.6. The molecule has 0 saturated carbocycles. The molecule has 0 radical (unpaired) electrons. The molecule has 0 fully saturated rings. The van der Waals surface area contributed by atoms with E-state index in [1.54, 1.807) is 17.5 Å². The molecule has 0 amide bonds. The lowest BCUT2D eigenvalue weighted by Crippen LogP contribution is -2.21. The average Bonchev–Trinajstić information content (AvgIpc) is 3.13. The van der Waals surface area contributed by atoms with Crippen molar-refractivity contribution in [2.75, 3.05) is 18.0 Å². The Morgan fingerprint density at radius 3 is 2.70 bits per heavy atom. The first-order valence-corrected chi connectivity index (χ1v) is 8.02. The average molecular weight is 293 g/mol. The fourth-order valence-corrected chi connectivity index (χ4v) is 3.13. The number of imidazole rings is 1. The summed E-state index contributed by atoms with van der Waals surface area (Å²) in [5, 5.41) is 4.64. The largest absolute Gasteiger partial charge is 0.349 e. The van der Waals surface area contributed by atoms with E-state index in [0.717, 1.165) is 37.0 Å². The van der Waals surface area contributed by atoms with Gasteiger partial charge < -0.3 is 15.2 Å². The van der Waals surface area contributed by atoms with Crippen molar-refractivity contribution in [2.45, 2.75) is 39.8 Å². The highest BCUT2D eigenvalue weighted by atomic mass is 32.1. The third-order valence-electron chi connectivity index (χ3n) is 3.36. The third-order valence-corrected chi connectivity index (χ3v) is 4.41. The van der Waals surface area contributed by atoms with Crippen LogP contribution in [0.3, 0.4) is 0 Å². The monoisotopic (exact) mass is 293 g/mol. The Morgan fingerprint density at radius 1 is 1.30 bits per heavy atom. The number of nitrogens with one attached hydrogen (secondary N) is 2. The standard InChI is InChI=1S/C14H23N5S/c1-4-12(13-15-7-8-16-13)17-9-11-10-18-14(20-11)19(5-2)6-3/h7-8,10,12,17H,4-6,9H2,1-3H3,(H,15,16). The highest BCUT2D eigenvalue weighted by Gasteiger charge is 2.12. The molecular formula is C14H23N5S. The summed E-state index contributed by atoms with van der Waals surface area (Å²) in [7, 11) is 0. The van der Waals surface area contributed by atoms with Gasteiger partial charge in [-0.25, -0.2) is 9.97 Å². The van der Waals surface area contributed by atoms with Crippen LogP contribution in [0.15, 0.2) is 18.6 Å². The van der Waals surface area contributed by atoms with Gasteiger partial charge in [-0.15, -0.1) is 11.3 Å². The van der Waals surface area contributed by atoms with Crippen molar-refractivity contribution in [2.24, 2.45) is 0 Å². The van der Waals surface area contributed by atoms with E-state index in [9.17, 15) is 0 Å². The zero-order valence-electron chi connectivity index (χ0n) is 12.4. The van der Waals surface area contributed by atoms with Crippen LogP contribution in [0.1, 0.15) is 43.9 Å². The molecule has 2 N–H and O–H groups in total. The quantitative estimate of drug-likeness (QED) is 0.785. The van der Waals surface area contributed by atoms with Crippen molar-refractivity contribution in [1.29, 1.82) is 0 Å². The van der Waals surface area contributed by atoms with Gasteiger partial charge in [0.05, 0.1) is 6.04 Å². The first-order chi connectivity index (χ1) is 9.78. The molecule has 2 heterocycles. The van der Waals surface area contributed by atoms with E-state index in [2.05, 4.69) is 45.9 Å². The summed E-state index contributed by atoms with van der Waals surface area (Å²) in [5.41, 5.74) is 0. The summed E-state index contributed by atoms with van der Waals surface area (Å²) in [5.74, 6) is 1.00. The minimum atomic E-state index is 0.268. The van der Waals surface area contributed by atoms with Gasteiger partial charge in [-0.3, -0.25) is 0 Å². The first kappa shape index (κ1) is 15.0. The second kappa shape index (κ2) is 7.40. The van der Waals surface area contributed by atoms with E-state index in [1.807, 2.05) is 12.4 Å². The summed E-state index contributed by atoms with van der Waals surface area (Å²) < 4.78 is 0. The van der Waals surface area contributed by atoms with Crippen molar-refractivity contribution in [3.63, 3.8) is 0 Å². The van der Waals surface area contributed by atoms with Crippen molar-refractivity contribution in [1.82, 2.24) is 20.3 Å². The van der Waals surface area contributed by atoms with Crippen LogP contribution in [0.2, 0.25) is 0 Å². The van der Waals surface area contributed by atoms with Gasteiger partial charge in [0.25, 0.3) is 0 Å². The summed E-state index contributed by atoms with van der Waals surface area (Å²) in [6, 6.07) is 0.268. The molecule has 2 aromatic heterocycles. The number of aromatic nitrogens is 3. The maximum atomic E-state index is 4.51. The van der Waals surface area contributed by atoms with E-state index in [1.165, 1.54) is 4.88 Å². The van der Waals surface area contributed by atoms with Gasteiger partial charge >= 0.3 is 0 Å². The molecule has 0 spiro atoms. The highest BCUT2D eigenvalue weighted by molar-refractivity contribution is 7.15. The van der Waals surface area contributed by atoms with Crippen LogP contribution in [-0.2, 0) is 6.54 Å². The van der Waals surface area contributed by atoms with Crippen molar-refractivity contribution in [3.8, 4) is 0 Å². The molecule has 0 aliphatic heterocycles. The Morgan fingerprint density at radius 2 is 2.10 bits per heavy atom. The second-order valence-electron chi connectivity index (χ2n) is 4.60. The van der Waals surface area contributed by atoms with Crippen LogP contribution in [0.4, 0.5) is 5.13 Å². The molecule has 110 valence electrons. The molecule has 0 aromatic carbocycles. The zero-order chi connectivity index (χ0) is 14.4. The van der Waals surface area contributed by atoms with Gasteiger partial charge in [0.1, 0.15) is 5.82 Å². The molecule has 5 nitrogen and oxygen atoms in total. The molecule has 2 rings (SSSR count). The lowest BCUT2D eigenvalue weighted by Gasteiger charge is -2.16. The van der Waals surface area contributed by atoms with Crippen LogP contribution in [0, 0.1) is 0 Å². The van der Waals surface area contributed by atoms with Crippen LogP contribution in [-0.4, -0.2) is 28.0 Å². The van der Waals surface area contributed by atoms with Crippen LogP contribution in [0.25, 0.3) is 0 Å². The van der Waals surface area contributed by atoms with Crippen LogP contribution < -0.4 is 10.2 Å². The zero-order valence-corrected chi connectivity index (χ0v) is 13.2. The predicted octanol–water partition coefficient (Wildman–Crippen LogP) is 2.95. The topological polar surface area (TPSA) is 56.8 Å².